The molecule has 2 aromatic rings. The molecule has 0 aromatic carbocycles. The van der Waals surface area contributed by atoms with Crippen molar-refractivity contribution in [3.63, 3.8) is 0 Å². The average Bonchev–Trinajstić information content (AvgIpc) is 2.74. The number of nitrogens with zero attached hydrogens (tertiary/aromatic N) is 3. The Morgan fingerprint density at radius 2 is 2.33 bits per heavy atom. The van der Waals surface area contributed by atoms with Crippen LogP contribution in [0.1, 0.15) is 15.9 Å². The fourth-order valence-electron chi connectivity index (χ4n) is 1.69. The van der Waals surface area contributed by atoms with Crippen molar-refractivity contribution in [1.29, 1.82) is 0 Å². The Balaban J connectivity index is 2.15. The number of carbonyl (C=O) groups excluding carboxylic acids is 1. The van der Waals surface area contributed by atoms with Crippen LogP contribution in [-0.4, -0.2) is 32.6 Å². The minimum absolute atomic E-state index is 0.142. The largest absolute Gasteiger partial charge is 0.337 e. The predicted octanol–water partition coefficient (Wildman–Crippen LogP) is 0.381. The highest BCUT2D eigenvalue weighted by atomic mass is 16.2. The summed E-state index contributed by atoms with van der Waals surface area (Å²) >= 11 is 0. The monoisotopic (exact) mass is 246 g/mol. The highest BCUT2D eigenvalue weighted by molar-refractivity contribution is 5.93. The molecule has 0 aliphatic heterocycles. The molecule has 0 unspecified atom stereocenters. The first-order valence-electron chi connectivity index (χ1n) is 5.48. The summed E-state index contributed by atoms with van der Waals surface area (Å²) in [7, 11) is 3.47. The van der Waals surface area contributed by atoms with E-state index in [9.17, 15) is 9.59 Å². The molecule has 2 rings (SSSR count). The van der Waals surface area contributed by atoms with Gasteiger partial charge in [-0.25, -0.2) is 0 Å². The summed E-state index contributed by atoms with van der Waals surface area (Å²) in [6.07, 6.45) is 5.03. The van der Waals surface area contributed by atoms with E-state index in [0.29, 0.717) is 6.54 Å². The lowest BCUT2D eigenvalue weighted by atomic mass is 10.2. The van der Waals surface area contributed by atoms with Gasteiger partial charge in [-0.1, -0.05) is 0 Å². The lowest BCUT2D eigenvalue weighted by Crippen LogP contribution is -2.30. The first-order valence-corrected chi connectivity index (χ1v) is 5.48. The van der Waals surface area contributed by atoms with Gasteiger partial charge in [-0.15, -0.1) is 0 Å². The number of hydrogen-bond acceptors (Lipinski definition) is 3. The van der Waals surface area contributed by atoms with Crippen LogP contribution < -0.4 is 5.56 Å². The van der Waals surface area contributed by atoms with Gasteiger partial charge in [0.2, 0.25) is 0 Å². The molecule has 0 atom stereocenters. The molecular weight excluding hydrogens is 232 g/mol. The van der Waals surface area contributed by atoms with Crippen molar-refractivity contribution in [2.45, 2.75) is 6.54 Å². The van der Waals surface area contributed by atoms with Gasteiger partial charge in [0, 0.05) is 38.6 Å². The molecule has 2 aromatic heterocycles. The molecule has 0 spiro atoms. The number of H-pyrrole nitrogens is 1. The summed E-state index contributed by atoms with van der Waals surface area (Å²) in [5.74, 6) is -0.305. The van der Waals surface area contributed by atoms with Gasteiger partial charge in [0.15, 0.2) is 0 Å². The van der Waals surface area contributed by atoms with E-state index in [-0.39, 0.29) is 17.0 Å². The van der Waals surface area contributed by atoms with Crippen molar-refractivity contribution in [2.75, 3.05) is 7.05 Å². The van der Waals surface area contributed by atoms with Crippen LogP contribution in [0.25, 0.3) is 0 Å². The van der Waals surface area contributed by atoms with Crippen LogP contribution in [0.15, 0.2) is 35.5 Å². The van der Waals surface area contributed by atoms with Crippen molar-refractivity contribution in [3.8, 4) is 0 Å². The van der Waals surface area contributed by atoms with Gasteiger partial charge < -0.3 is 9.88 Å². The maximum atomic E-state index is 12.1. The van der Waals surface area contributed by atoms with E-state index < -0.39 is 0 Å². The summed E-state index contributed by atoms with van der Waals surface area (Å²) < 4.78 is 1.67. The molecule has 0 aliphatic carbocycles. The minimum atomic E-state index is -0.375. The SMILES string of the molecule is CN(Cc1cnn(C)c1)C(=O)c1ccc[nH]c1=O. The molecule has 0 saturated heterocycles. The molecular formula is C12H14N4O2. The third kappa shape index (κ3) is 2.48. The fraction of sp³-hybridized carbons (Fsp3) is 0.250. The zero-order chi connectivity index (χ0) is 13.1. The Morgan fingerprint density at radius 1 is 1.56 bits per heavy atom. The fourth-order valence-corrected chi connectivity index (χ4v) is 1.69. The molecule has 18 heavy (non-hydrogen) atoms. The number of aromatic nitrogens is 3. The third-order valence-electron chi connectivity index (χ3n) is 2.57. The second-order valence-corrected chi connectivity index (χ2v) is 4.10. The third-order valence-corrected chi connectivity index (χ3v) is 2.57. The maximum Gasteiger partial charge on any atom is 0.260 e. The number of nitrogens with one attached hydrogen (secondary N) is 1. The molecule has 6 heteroatoms. The molecule has 1 N–H and O–H groups in total. The van der Waals surface area contributed by atoms with Crippen LogP contribution in [0.3, 0.4) is 0 Å². The van der Waals surface area contributed by atoms with Crippen molar-refractivity contribution >= 4 is 5.91 Å². The Labute approximate surface area is 104 Å². The van der Waals surface area contributed by atoms with E-state index >= 15 is 0 Å². The van der Waals surface area contributed by atoms with E-state index in [2.05, 4.69) is 10.1 Å². The van der Waals surface area contributed by atoms with E-state index in [0.717, 1.165) is 5.56 Å². The maximum absolute atomic E-state index is 12.1. The van der Waals surface area contributed by atoms with Crippen LogP contribution in [0, 0.1) is 0 Å². The summed E-state index contributed by atoms with van der Waals surface area (Å²) in [5, 5.41) is 4.03. The Kier molecular flexibility index (Phi) is 3.27. The van der Waals surface area contributed by atoms with Crippen LogP contribution >= 0.6 is 0 Å². The van der Waals surface area contributed by atoms with Crippen molar-refractivity contribution in [3.05, 3.63) is 52.2 Å². The first-order chi connectivity index (χ1) is 8.58. The Bertz CT molecular complexity index is 614. The van der Waals surface area contributed by atoms with Crippen LogP contribution in [0.2, 0.25) is 0 Å². The molecule has 0 radical (unpaired) electrons. The molecule has 6 nitrogen and oxygen atoms in total. The Morgan fingerprint density at radius 3 is 2.94 bits per heavy atom. The van der Waals surface area contributed by atoms with E-state index in [1.54, 1.807) is 24.0 Å². The van der Waals surface area contributed by atoms with Crippen molar-refractivity contribution < 1.29 is 4.79 Å². The second-order valence-electron chi connectivity index (χ2n) is 4.10. The highest BCUT2D eigenvalue weighted by Crippen LogP contribution is 2.04. The molecule has 1 amide bonds. The quantitative estimate of drug-likeness (QED) is 0.851. The van der Waals surface area contributed by atoms with Gasteiger partial charge in [0.25, 0.3) is 11.5 Å². The van der Waals surface area contributed by atoms with E-state index in [4.69, 9.17) is 0 Å². The number of aryl methyl sites for hydroxylation is 1. The first kappa shape index (κ1) is 12.1. The van der Waals surface area contributed by atoms with Crippen molar-refractivity contribution in [1.82, 2.24) is 19.7 Å². The normalized spacial score (nSPS) is 10.3. The highest BCUT2D eigenvalue weighted by Gasteiger charge is 2.15. The van der Waals surface area contributed by atoms with Crippen LogP contribution in [0.5, 0.6) is 0 Å². The number of rotatable bonds is 3. The molecule has 0 bridgehead atoms. The molecule has 94 valence electrons. The average molecular weight is 246 g/mol. The molecule has 2 heterocycles. The minimum Gasteiger partial charge on any atom is -0.337 e. The second kappa shape index (κ2) is 4.87. The van der Waals surface area contributed by atoms with Crippen LogP contribution in [0.4, 0.5) is 0 Å². The number of carbonyl (C=O) groups is 1. The predicted molar refractivity (Wildman–Crippen MR) is 66.1 cm³/mol. The van der Waals surface area contributed by atoms with Gasteiger partial charge in [0.1, 0.15) is 5.56 Å². The van der Waals surface area contributed by atoms with Gasteiger partial charge in [-0.3, -0.25) is 14.3 Å². The summed E-state index contributed by atoms with van der Waals surface area (Å²) in [6.45, 7) is 0.418. The Hall–Kier alpha value is -2.37. The zero-order valence-corrected chi connectivity index (χ0v) is 10.3. The van der Waals surface area contributed by atoms with Gasteiger partial charge in [-0.2, -0.15) is 5.10 Å². The standard InChI is InChI=1S/C12H14N4O2/c1-15(7-9-6-14-16(2)8-9)12(18)10-4-3-5-13-11(10)17/h3-6,8H,7H2,1-2H3,(H,13,17). The van der Waals surface area contributed by atoms with Crippen LogP contribution in [-0.2, 0) is 13.6 Å². The molecule has 0 saturated carbocycles. The van der Waals surface area contributed by atoms with E-state index in [1.165, 1.54) is 17.2 Å². The van der Waals surface area contributed by atoms with Gasteiger partial charge >= 0.3 is 0 Å². The lowest BCUT2D eigenvalue weighted by molar-refractivity contribution is 0.0783. The summed E-state index contributed by atoms with van der Waals surface area (Å²) in [6, 6.07) is 3.15. The number of hydrogen-bond donors (Lipinski definition) is 1. The number of pyridine rings is 1. The number of aromatic amines is 1. The van der Waals surface area contributed by atoms with E-state index in [1.807, 2.05) is 13.2 Å². The molecule has 0 aliphatic rings. The van der Waals surface area contributed by atoms with Gasteiger partial charge in [-0.05, 0) is 12.1 Å². The van der Waals surface area contributed by atoms with Gasteiger partial charge in [0.05, 0.1) is 6.20 Å². The zero-order valence-electron chi connectivity index (χ0n) is 10.3. The van der Waals surface area contributed by atoms with Crippen molar-refractivity contribution in [2.24, 2.45) is 7.05 Å². The summed E-state index contributed by atoms with van der Waals surface area (Å²) in [5.41, 5.74) is 0.685. The number of amides is 1. The summed E-state index contributed by atoms with van der Waals surface area (Å²) in [4.78, 5) is 27.5. The molecule has 0 fully saturated rings. The topological polar surface area (TPSA) is 71.0 Å². The smallest absolute Gasteiger partial charge is 0.260 e. The lowest BCUT2D eigenvalue weighted by Gasteiger charge is -2.15.